The summed E-state index contributed by atoms with van der Waals surface area (Å²) in [6.07, 6.45) is 4.87. The molecule has 0 bridgehead atoms. The Labute approximate surface area is 92.8 Å². The number of hydrogen-bond acceptors (Lipinski definition) is 3. The quantitative estimate of drug-likeness (QED) is 0.695. The highest BCUT2D eigenvalue weighted by atomic mass is 15.1. The van der Waals surface area contributed by atoms with Crippen molar-refractivity contribution in [3.8, 4) is 6.07 Å². The second kappa shape index (κ2) is 5.89. The molecule has 0 aliphatic carbocycles. The maximum Gasteiger partial charge on any atom is 0.109 e. The molecule has 1 saturated heterocycles. The summed E-state index contributed by atoms with van der Waals surface area (Å²) in [5, 5.41) is 12.5. The molecule has 0 amide bonds. The van der Waals surface area contributed by atoms with Crippen molar-refractivity contribution in [3.05, 3.63) is 12.7 Å². The number of likely N-dealkylation sites (tertiary alicyclic amines) is 1. The molecular formula is C12H21N3. The average molecular weight is 207 g/mol. The molecule has 0 aromatic rings. The molecule has 1 aliphatic rings. The van der Waals surface area contributed by atoms with E-state index in [2.05, 4.69) is 29.8 Å². The second-order valence-corrected chi connectivity index (χ2v) is 4.21. The molecule has 1 N–H and O–H groups in total. The smallest absolute Gasteiger partial charge is 0.109 e. The van der Waals surface area contributed by atoms with Gasteiger partial charge in [-0.15, -0.1) is 6.58 Å². The summed E-state index contributed by atoms with van der Waals surface area (Å²) in [5.41, 5.74) is -0.307. The molecule has 1 aliphatic heterocycles. The number of nitrogens with zero attached hydrogens (tertiary/aromatic N) is 2. The summed E-state index contributed by atoms with van der Waals surface area (Å²) in [6, 6.07) is 2.43. The van der Waals surface area contributed by atoms with Gasteiger partial charge in [-0.2, -0.15) is 5.26 Å². The van der Waals surface area contributed by atoms with Crippen LogP contribution in [-0.4, -0.2) is 36.6 Å². The maximum atomic E-state index is 9.22. The minimum absolute atomic E-state index is 0.307. The van der Waals surface area contributed by atoms with Gasteiger partial charge < -0.3 is 4.90 Å². The van der Waals surface area contributed by atoms with E-state index in [9.17, 15) is 5.26 Å². The van der Waals surface area contributed by atoms with Gasteiger partial charge >= 0.3 is 0 Å². The van der Waals surface area contributed by atoms with E-state index >= 15 is 0 Å². The molecule has 0 aromatic carbocycles. The van der Waals surface area contributed by atoms with Crippen LogP contribution in [0.2, 0.25) is 0 Å². The summed E-state index contributed by atoms with van der Waals surface area (Å²) in [7, 11) is 0. The Morgan fingerprint density at radius 1 is 1.53 bits per heavy atom. The lowest BCUT2D eigenvalue weighted by Crippen LogP contribution is -2.52. The van der Waals surface area contributed by atoms with Gasteiger partial charge in [0.2, 0.25) is 0 Å². The van der Waals surface area contributed by atoms with Gasteiger partial charge in [0.15, 0.2) is 0 Å². The third kappa shape index (κ3) is 3.33. The molecule has 0 unspecified atom stereocenters. The van der Waals surface area contributed by atoms with Crippen LogP contribution in [-0.2, 0) is 0 Å². The number of piperidine rings is 1. The van der Waals surface area contributed by atoms with Crippen LogP contribution in [0.15, 0.2) is 12.7 Å². The first kappa shape index (κ1) is 12.2. The lowest BCUT2D eigenvalue weighted by atomic mass is 9.89. The van der Waals surface area contributed by atoms with E-state index < -0.39 is 0 Å². The van der Waals surface area contributed by atoms with Crippen LogP contribution in [0, 0.1) is 11.3 Å². The monoisotopic (exact) mass is 207 g/mol. The first-order chi connectivity index (χ1) is 7.26. The summed E-state index contributed by atoms with van der Waals surface area (Å²) >= 11 is 0. The standard InChI is InChI=1S/C12H21N3/c1-3-7-14-12(11-13)5-9-15(8-4-2)10-6-12/h3,14H,1,4-10H2,2H3. The van der Waals surface area contributed by atoms with Crippen molar-refractivity contribution in [1.29, 1.82) is 5.26 Å². The topological polar surface area (TPSA) is 39.1 Å². The van der Waals surface area contributed by atoms with Gasteiger partial charge in [0.25, 0.3) is 0 Å². The summed E-state index contributed by atoms with van der Waals surface area (Å²) < 4.78 is 0. The fraction of sp³-hybridized carbons (Fsp3) is 0.750. The molecule has 15 heavy (non-hydrogen) atoms. The minimum atomic E-state index is -0.307. The van der Waals surface area contributed by atoms with Gasteiger partial charge in [-0.1, -0.05) is 13.0 Å². The van der Waals surface area contributed by atoms with Crippen molar-refractivity contribution in [2.24, 2.45) is 0 Å². The average Bonchev–Trinajstić information content (AvgIpc) is 2.29. The van der Waals surface area contributed by atoms with Crippen molar-refractivity contribution in [3.63, 3.8) is 0 Å². The first-order valence-corrected chi connectivity index (χ1v) is 5.76. The van der Waals surface area contributed by atoms with Gasteiger partial charge in [-0.05, 0) is 25.8 Å². The number of hydrogen-bond donors (Lipinski definition) is 1. The van der Waals surface area contributed by atoms with Gasteiger partial charge in [0, 0.05) is 19.6 Å². The highest BCUT2D eigenvalue weighted by molar-refractivity contribution is 5.10. The SMILES string of the molecule is C=CCNC1(C#N)CCN(CCC)CC1. The van der Waals surface area contributed by atoms with Gasteiger partial charge in [0.05, 0.1) is 6.07 Å². The summed E-state index contributed by atoms with van der Waals surface area (Å²) in [4.78, 5) is 2.44. The lowest BCUT2D eigenvalue weighted by Gasteiger charge is -2.37. The molecule has 1 rings (SSSR count). The van der Waals surface area contributed by atoms with Crippen LogP contribution < -0.4 is 5.32 Å². The molecule has 3 nitrogen and oxygen atoms in total. The van der Waals surface area contributed by atoms with E-state index in [1.807, 2.05) is 6.08 Å². The largest absolute Gasteiger partial charge is 0.303 e. The minimum Gasteiger partial charge on any atom is -0.303 e. The van der Waals surface area contributed by atoms with E-state index in [1.165, 1.54) is 6.42 Å². The number of nitrogens with one attached hydrogen (secondary N) is 1. The fourth-order valence-electron chi connectivity index (χ4n) is 2.07. The third-order valence-electron chi connectivity index (χ3n) is 3.05. The number of nitriles is 1. The first-order valence-electron chi connectivity index (χ1n) is 5.76. The molecule has 1 heterocycles. The molecule has 0 saturated carbocycles. The molecule has 0 atom stereocenters. The second-order valence-electron chi connectivity index (χ2n) is 4.21. The van der Waals surface area contributed by atoms with Crippen LogP contribution in [0.4, 0.5) is 0 Å². The Bertz CT molecular complexity index is 234. The van der Waals surface area contributed by atoms with E-state index in [1.54, 1.807) is 0 Å². The summed E-state index contributed by atoms with van der Waals surface area (Å²) in [6.45, 7) is 9.81. The highest BCUT2D eigenvalue weighted by Gasteiger charge is 2.33. The predicted molar refractivity (Wildman–Crippen MR) is 62.5 cm³/mol. The van der Waals surface area contributed by atoms with E-state index in [0.29, 0.717) is 0 Å². The van der Waals surface area contributed by atoms with Crippen molar-refractivity contribution in [2.75, 3.05) is 26.2 Å². The zero-order valence-corrected chi connectivity index (χ0v) is 9.63. The van der Waals surface area contributed by atoms with Crippen LogP contribution in [0.3, 0.4) is 0 Å². The van der Waals surface area contributed by atoms with Crippen LogP contribution in [0.5, 0.6) is 0 Å². The molecule has 0 aromatic heterocycles. The fourth-order valence-corrected chi connectivity index (χ4v) is 2.07. The number of rotatable bonds is 5. The predicted octanol–water partition coefficient (Wildman–Crippen LogP) is 1.53. The van der Waals surface area contributed by atoms with Crippen molar-refractivity contribution >= 4 is 0 Å². The van der Waals surface area contributed by atoms with Crippen LogP contribution in [0.25, 0.3) is 0 Å². The van der Waals surface area contributed by atoms with Gasteiger partial charge in [-0.25, -0.2) is 0 Å². The third-order valence-corrected chi connectivity index (χ3v) is 3.05. The zero-order valence-electron chi connectivity index (χ0n) is 9.63. The maximum absolute atomic E-state index is 9.22. The molecule has 0 spiro atoms. The zero-order chi connectivity index (χ0) is 11.1. The normalized spacial score (nSPS) is 20.8. The Morgan fingerprint density at radius 2 is 2.20 bits per heavy atom. The Balaban J connectivity index is 2.44. The Hall–Kier alpha value is -0.850. The lowest BCUT2D eigenvalue weighted by molar-refractivity contribution is 0.169. The summed E-state index contributed by atoms with van der Waals surface area (Å²) in [5.74, 6) is 0. The van der Waals surface area contributed by atoms with Crippen LogP contribution >= 0.6 is 0 Å². The van der Waals surface area contributed by atoms with Crippen molar-refractivity contribution in [1.82, 2.24) is 10.2 Å². The van der Waals surface area contributed by atoms with Gasteiger partial charge in [-0.3, -0.25) is 5.32 Å². The molecule has 84 valence electrons. The highest BCUT2D eigenvalue weighted by Crippen LogP contribution is 2.21. The van der Waals surface area contributed by atoms with E-state index in [-0.39, 0.29) is 5.54 Å². The Kier molecular flexibility index (Phi) is 4.80. The van der Waals surface area contributed by atoms with Gasteiger partial charge in [0.1, 0.15) is 5.54 Å². The van der Waals surface area contributed by atoms with Crippen LogP contribution in [0.1, 0.15) is 26.2 Å². The molecule has 3 heteroatoms. The van der Waals surface area contributed by atoms with E-state index in [0.717, 1.165) is 39.0 Å². The van der Waals surface area contributed by atoms with E-state index in [4.69, 9.17) is 0 Å². The Morgan fingerprint density at radius 3 is 2.67 bits per heavy atom. The van der Waals surface area contributed by atoms with Crippen molar-refractivity contribution in [2.45, 2.75) is 31.7 Å². The molecule has 0 radical (unpaired) electrons. The van der Waals surface area contributed by atoms with Crippen molar-refractivity contribution < 1.29 is 0 Å². The molecule has 1 fully saturated rings. The molecular weight excluding hydrogens is 186 g/mol.